The minimum Gasteiger partial charge on any atom is -0.494 e. The van der Waals surface area contributed by atoms with E-state index in [2.05, 4.69) is 0 Å². The molecule has 1 atom stereocenters. The first-order chi connectivity index (χ1) is 16.8. The average Bonchev–Trinajstić information content (AvgIpc) is 3.42. The minimum atomic E-state index is -4.55. The lowest BCUT2D eigenvalue weighted by Crippen LogP contribution is -2.30. The smallest absolute Gasteiger partial charge is 0.416 e. The second-order valence-electron chi connectivity index (χ2n) is 8.56. The summed E-state index contributed by atoms with van der Waals surface area (Å²) in [6, 6.07) is 16.6. The Labute approximate surface area is 198 Å². The van der Waals surface area contributed by atoms with Gasteiger partial charge in [-0.3, -0.25) is 9.13 Å². The summed E-state index contributed by atoms with van der Waals surface area (Å²) < 4.78 is 63.7. The zero-order valence-electron chi connectivity index (χ0n) is 18.9. The van der Waals surface area contributed by atoms with E-state index in [1.54, 1.807) is 41.0 Å². The van der Waals surface area contributed by atoms with Gasteiger partial charge < -0.3 is 9.64 Å². The van der Waals surface area contributed by atoms with E-state index in [-0.39, 0.29) is 24.0 Å². The highest BCUT2D eigenvalue weighted by molar-refractivity contribution is 5.83. The van der Waals surface area contributed by atoms with E-state index in [1.807, 2.05) is 4.90 Å². The number of ether oxygens (including phenoxy) is 1. The van der Waals surface area contributed by atoms with Gasteiger partial charge >= 0.3 is 11.9 Å². The largest absolute Gasteiger partial charge is 0.494 e. The normalized spacial score (nSPS) is 16.3. The molecule has 35 heavy (non-hydrogen) atoms. The van der Waals surface area contributed by atoms with Crippen LogP contribution in [0.15, 0.2) is 71.5 Å². The monoisotopic (exact) mass is 485 g/mol. The number of methoxy groups -OCH3 is 1. The lowest BCUT2D eigenvalue weighted by atomic mass is 10.1. The van der Waals surface area contributed by atoms with Gasteiger partial charge in [-0.25, -0.2) is 9.18 Å². The summed E-state index contributed by atoms with van der Waals surface area (Å²) in [5.41, 5.74) is 0.242. The molecule has 1 aliphatic heterocycles. The fourth-order valence-corrected chi connectivity index (χ4v) is 4.95. The summed E-state index contributed by atoms with van der Waals surface area (Å²) in [6.45, 7) is 0.685. The number of hydrogen-bond donors (Lipinski definition) is 0. The van der Waals surface area contributed by atoms with Gasteiger partial charge in [0, 0.05) is 13.1 Å². The molecule has 5 nitrogen and oxygen atoms in total. The zero-order chi connectivity index (χ0) is 24.7. The van der Waals surface area contributed by atoms with Gasteiger partial charge in [0.2, 0.25) is 0 Å². The fourth-order valence-electron chi connectivity index (χ4n) is 4.95. The molecule has 4 aromatic rings. The first kappa shape index (κ1) is 23.0. The number of hydrogen-bond acceptors (Lipinski definition) is 3. The van der Waals surface area contributed by atoms with Gasteiger partial charge in [-0.15, -0.1) is 0 Å². The molecule has 0 bridgehead atoms. The molecule has 3 aromatic carbocycles. The molecule has 1 aliphatic rings. The molecule has 1 fully saturated rings. The van der Waals surface area contributed by atoms with Crippen LogP contribution in [0.3, 0.4) is 0 Å². The van der Waals surface area contributed by atoms with Crippen molar-refractivity contribution < 1.29 is 22.3 Å². The standard InChI is InChI=1S/C26H23F4N3O2/c1-35-23-12-6-11-22-24(23)32(15-17-7-2-3-8-19(17)26(28,29)30)25(34)33(22)18-13-14-31(16-18)21-10-5-4-9-20(21)27/h2-12,18H,13-16H2,1H3. The molecular weight excluding hydrogens is 462 g/mol. The quantitative estimate of drug-likeness (QED) is 0.352. The average molecular weight is 485 g/mol. The molecular formula is C26H23F4N3O2. The second kappa shape index (κ2) is 8.79. The highest BCUT2D eigenvalue weighted by Crippen LogP contribution is 2.35. The van der Waals surface area contributed by atoms with Crippen LogP contribution in [0.4, 0.5) is 23.2 Å². The summed E-state index contributed by atoms with van der Waals surface area (Å²) in [6.07, 6.45) is -3.96. The minimum absolute atomic E-state index is 0.00791. The molecule has 2 heterocycles. The molecule has 0 spiro atoms. The van der Waals surface area contributed by atoms with Gasteiger partial charge in [0.25, 0.3) is 0 Å². The molecule has 1 unspecified atom stereocenters. The van der Waals surface area contributed by atoms with Crippen LogP contribution < -0.4 is 15.3 Å². The number of halogens is 4. The highest BCUT2D eigenvalue weighted by atomic mass is 19.4. The SMILES string of the molecule is COc1cccc2c1n(Cc1ccccc1C(F)(F)F)c(=O)n2C1CCN(c2ccccc2F)C1. The Morgan fingerprint density at radius 2 is 1.74 bits per heavy atom. The van der Waals surface area contributed by atoms with E-state index < -0.39 is 17.4 Å². The van der Waals surface area contributed by atoms with Crippen molar-refractivity contribution in [2.75, 3.05) is 25.1 Å². The van der Waals surface area contributed by atoms with E-state index in [4.69, 9.17) is 4.74 Å². The van der Waals surface area contributed by atoms with Crippen LogP contribution >= 0.6 is 0 Å². The van der Waals surface area contributed by atoms with Crippen molar-refractivity contribution in [2.24, 2.45) is 0 Å². The number of aromatic nitrogens is 2. The van der Waals surface area contributed by atoms with Crippen LogP contribution in [-0.2, 0) is 12.7 Å². The van der Waals surface area contributed by atoms with Crippen LogP contribution in [0.25, 0.3) is 11.0 Å². The van der Waals surface area contributed by atoms with E-state index in [0.29, 0.717) is 42.0 Å². The Hall–Kier alpha value is -3.75. The van der Waals surface area contributed by atoms with Crippen molar-refractivity contribution in [3.8, 4) is 5.75 Å². The molecule has 9 heteroatoms. The Kier molecular flexibility index (Phi) is 5.78. The number of rotatable bonds is 5. The van der Waals surface area contributed by atoms with E-state index in [1.165, 1.54) is 35.9 Å². The summed E-state index contributed by atoms with van der Waals surface area (Å²) >= 11 is 0. The molecule has 1 aromatic heterocycles. The lowest BCUT2D eigenvalue weighted by Gasteiger charge is -2.19. The maximum Gasteiger partial charge on any atom is 0.416 e. The van der Waals surface area contributed by atoms with E-state index in [0.717, 1.165) is 6.07 Å². The predicted octanol–water partition coefficient (Wildman–Crippen LogP) is 5.47. The van der Waals surface area contributed by atoms with Crippen LogP contribution in [0.5, 0.6) is 5.75 Å². The van der Waals surface area contributed by atoms with E-state index >= 15 is 0 Å². The summed E-state index contributed by atoms with van der Waals surface area (Å²) in [4.78, 5) is 15.6. The maximum absolute atomic E-state index is 14.4. The Bertz CT molecular complexity index is 1440. The third-order valence-corrected chi connectivity index (χ3v) is 6.54. The fraction of sp³-hybridized carbons (Fsp3) is 0.269. The summed E-state index contributed by atoms with van der Waals surface area (Å²) in [7, 11) is 1.46. The number of anilines is 1. The summed E-state index contributed by atoms with van der Waals surface area (Å²) in [5, 5.41) is 0. The number of benzene rings is 3. The molecule has 0 radical (unpaired) electrons. The second-order valence-corrected chi connectivity index (χ2v) is 8.56. The van der Waals surface area contributed by atoms with Crippen molar-refractivity contribution in [1.29, 1.82) is 0 Å². The number of para-hydroxylation sites is 2. The molecule has 182 valence electrons. The van der Waals surface area contributed by atoms with Gasteiger partial charge in [-0.2, -0.15) is 13.2 Å². The van der Waals surface area contributed by atoms with Gasteiger partial charge in [-0.1, -0.05) is 36.4 Å². The Morgan fingerprint density at radius 1 is 1.00 bits per heavy atom. The van der Waals surface area contributed by atoms with Crippen LogP contribution in [-0.4, -0.2) is 29.3 Å². The molecule has 0 aliphatic carbocycles. The third-order valence-electron chi connectivity index (χ3n) is 6.54. The van der Waals surface area contributed by atoms with Crippen LogP contribution in [0, 0.1) is 5.82 Å². The molecule has 5 rings (SSSR count). The highest BCUT2D eigenvalue weighted by Gasteiger charge is 2.34. The first-order valence-electron chi connectivity index (χ1n) is 11.2. The van der Waals surface area contributed by atoms with Crippen molar-refractivity contribution in [1.82, 2.24) is 9.13 Å². The first-order valence-corrected chi connectivity index (χ1v) is 11.2. The Morgan fingerprint density at radius 3 is 2.49 bits per heavy atom. The van der Waals surface area contributed by atoms with Crippen molar-refractivity contribution in [3.63, 3.8) is 0 Å². The van der Waals surface area contributed by atoms with Gasteiger partial charge in [-0.05, 0) is 42.3 Å². The van der Waals surface area contributed by atoms with Crippen molar-refractivity contribution in [3.05, 3.63) is 94.2 Å². The van der Waals surface area contributed by atoms with Gasteiger partial charge in [0.1, 0.15) is 17.1 Å². The van der Waals surface area contributed by atoms with Crippen LogP contribution in [0.2, 0.25) is 0 Å². The lowest BCUT2D eigenvalue weighted by molar-refractivity contribution is -0.138. The molecule has 1 saturated heterocycles. The zero-order valence-corrected chi connectivity index (χ0v) is 18.9. The third kappa shape index (κ3) is 4.05. The van der Waals surface area contributed by atoms with Gasteiger partial charge in [0.05, 0.1) is 36.5 Å². The predicted molar refractivity (Wildman–Crippen MR) is 126 cm³/mol. The van der Waals surface area contributed by atoms with Crippen LogP contribution in [0.1, 0.15) is 23.6 Å². The number of alkyl halides is 3. The maximum atomic E-state index is 14.4. The number of nitrogens with zero attached hydrogens (tertiary/aromatic N) is 3. The Balaban J connectivity index is 1.61. The molecule has 0 saturated carbocycles. The summed E-state index contributed by atoms with van der Waals surface area (Å²) in [5.74, 6) is 0.0557. The van der Waals surface area contributed by atoms with Crippen molar-refractivity contribution in [2.45, 2.75) is 25.2 Å². The molecule has 0 amide bonds. The topological polar surface area (TPSA) is 39.4 Å². The number of imidazole rings is 1. The van der Waals surface area contributed by atoms with Crippen molar-refractivity contribution >= 4 is 16.7 Å². The van der Waals surface area contributed by atoms with Gasteiger partial charge in [0.15, 0.2) is 0 Å². The van der Waals surface area contributed by atoms with E-state index in [9.17, 15) is 22.4 Å². The number of fused-ring (bicyclic) bond motifs is 1. The molecule has 0 N–H and O–H groups in total.